The van der Waals surface area contributed by atoms with Crippen LogP contribution in [0.5, 0.6) is 0 Å². The highest BCUT2D eigenvalue weighted by Gasteiger charge is 2.27. The van der Waals surface area contributed by atoms with Gasteiger partial charge < -0.3 is 4.90 Å². The second kappa shape index (κ2) is 8.58. The van der Waals surface area contributed by atoms with Gasteiger partial charge in [0.05, 0.1) is 23.5 Å². The number of hydrogen-bond acceptors (Lipinski definition) is 3. The first-order valence-electron chi connectivity index (χ1n) is 11.2. The maximum absolute atomic E-state index is 14.0. The van der Waals surface area contributed by atoms with Crippen LogP contribution >= 0.6 is 0 Å². The van der Waals surface area contributed by atoms with Crippen LogP contribution in [-0.4, -0.2) is 34.4 Å². The molecule has 32 heavy (non-hydrogen) atoms. The minimum Gasteiger partial charge on any atom is -0.353 e. The minimum atomic E-state index is -0.820. The van der Waals surface area contributed by atoms with Crippen LogP contribution in [0.1, 0.15) is 31.7 Å². The lowest BCUT2D eigenvalue weighted by atomic mass is 9.97. The first kappa shape index (κ1) is 20.4. The fraction of sp³-hybridized carbons (Fsp3) is 0.259. The first-order valence-corrected chi connectivity index (χ1v) is 11.2. The molecule has 1 aliphatic heterocycles. The maximum atomic E-state index is 14.0. The average molecular weight is 427 g/mol. The lowest BCUT2D eigenvalue weighted by Crippen LogP contribution is -2.22. The Kier molecular flexibility index (Phi) is 5.48. The number of hydrogen-bond donors (Lipinski definition) is 1. The lowest BCUT2D eigenvalue weighted by Gasteiger charge is -2.21. The van der Waals surface area contributed by atoms with Crippen molar-refractivity contribution in [3.63, 3.8) is 0 Å². The highest BCUT2D eigenvalue weighted by atomic mass is 19.1. The van der Waals surface area contributed by atoms with Crippen molar-refractivity contribution in [1.29, 1.82) is 0 Å². The number of aromatic nitrogens is 3. The Bertz CT molecular complexity index is 1200. The fourth-order valence-electron chi connectivity index (χ4n) is 4.36. The van der Waals surface area contributed by atoms with E-state index in [0.717, 1.165) is 39.5 Å². The van der Waals surface area contributed by atoms with Crippen molar-refractivity contribution >= 4 is 5.82 Å². The summed E-state index contributed by atoms with van der Waals surface area (Å²) >= 11 is 0. The van der Waals surface area contributed by atoms with Gasteiger partial charge in [0, 0.05) is 12.7 Å². The molecule has 2 aromatic heterocycles. The van der Waals surface area contributed by atoms with E-state index in [1.54, 1.807) is 0 Å². The second-order valence-corrected chi connectivity index (χ2v) is 8.70. The van der Waals surface area contributed by atoms with Crippen molar-refractivity contribution < 1.29 is 4.39 Å². The van der Waals surface area contributed by atoms with E-state index < -0.39 is 6.17 Å². The Labute approximate surface area is 188 Å². The van der Waals surface area contributed by atoms with Crippen molar-refractivity contribution in [2.45, 2.75) is 32.4 Å². The van der Waals surface area contributed by atoms with E-state index in [-0.39, 0.29) is 0 Å². The number of anilines is 1. The summed E-state index contributed by atoms with van der Waals surface area (Å²) in [5, 5.41) is 7.88. The van der Waals surface area contributed by atoms with Gasteiger partial charge in [-0.1, -0.05) is 68.4 Å². The SMILES string of the molecule is CC(C)c1ccc(-c2cc(-c3c(-c4ccccc4)ccnc3N3CCC(F)C3)n[nH]2)cc1. The van der Waals surface area contributed by atoms with Crippen molar-refractivity contribution in [2.75, 3.05) is 18.0 Å². The normalized spacial score (nSPS) is 16.1. The lowest BCUT2D eigenvalue weighted by molar-refractivity contribution is 0.364. The van der Waals surface area contributed by atoms with Crippen molar-refractivity contribution in [2.24, 2.45) is 0 Å². The zero-order valence-corrected chi connectivity index (χ0v) is 18.4. The summed E-state index contributed by atoms with van der Waals surface area (Å²) in [6.45, 7) is 5.41. The Balaban J connectivity index is 1.60. The van der Waals surface area contributed by atoms with E-state index in [4.69, 9.17) is 0 Å². The molecule has 1 fully saturated rings. The number of pyridine rings is 1. The number of alkyl halides is 1. The van der Waals surface area contributed by atoms with Gasteiger partial charge >= 0.3 is 0 Å². The summed E-state index contributed by atoms with van der Waals surface area (Å²) in [7, 11) is 0. The largest absolute Gasteiger partial charge is 0.353 e. The highest BCUT2D eigenvalue weighted by Crippen LogP contribution is 2.39. The number of H-pyrrole nitrogens is 1. The summed E-state index contributed by atoms with van der Waals surface area (Å²) in [5.74, 6) is 1.28. The smallest absolute Gasteiger partial charge is 0.138 e. The molecule has 1 N–H and O–H groups in total. The number of halogens is 1. The van der Waals surface area contributed by atoms with Gasteiger partial charge in [0.1, 0.15) is 12.0 Å². The van der Waals surface area contributed by atoms with Gasteiger partial charge in [-0.25, -0.2) is 9.37 Å². The molecule has 5 rings (SSSR count). The van der Waals surface area contributed by atoms with E-state index in [2.05, 4.69) is 71.5 Å². The monoisotopic (exact) mass is 426 g/mol. The maximum Gasteiger partial charge on any atom is 0.138 e. The van der Waals surface area contributed by atoms with Crippen LogP contribution in [0.25, 0.3) is 33.6 Å². The summed E-state index contributed by atoms with van der Waals surface area (Å²) in [6.07, 6.45) is 1.52. The third-order valence-electron chi connectivity index (χ3n) is 6.17. The molecule has 0 saturated carbocycles. The number of rotatable bonds is 5. The molecule has 5 heteroatoms. The van der Waals surface area contributed by atoms with Crippen LogP contribution < -0.4 is 4.90 Å². The third kappa shape index (κ3) is 3.91. The molecule has 162 valence electrons. The number of benzene rings is 2. The fourth-order valence-corrected chi connectivity index (χ4v) is 4.36. The first-order chi connectivity index (χ1) is 15.6. The van der Waals surface area contributed by atoms with Crippen LogP contribution in [0.2, 0.25) is 0 Å². The van der Waals surface area contributed by atoms with Crippen LogP contribution in [0, 0.1) is 0 Å². The summed E-state index contributed by atoms with van der Waals surface area (Å²) in [5.41, 5.74) is 7.24. The Morgan fingerprint density at radius 3 is 2.47 bits per heavy atom. The number of nitrogens with zero attached hydrogens (tertiary/aromatic N) is 3. The van der Waals surface area contributed by atoms with Gasteiger partial charge in [-0.3, -0.25) is 5.10 Å². The molecule has 0 spiro atoms. The van der Waals surface area contributed by atoms with Crippen LogP contribution in [0.15, 0.2) is 72.9 Å². The molecule has 2 aromatic carbocycles. The predicted molar refractivity (Wildman–Crippen MR) is 129 cm³/mol. The molecule has 1 unspecified atom stereocenters. The molecule has 1 atom stereocenters. The van der Waals surface area contributed by atoms with Crippen LogP contribution in [0.4, 0.5) is 10.2 Å². The van der Waals surface area contributed by atoms with Gasteiger partial charge in [-0.2, -0.15) is 5.10 Å². The Morgan fingerprint density at radius 1 is 1.00 bits per heavy atom. The number of nitrogens with one attached hydrogen (secondary N) is 1. The summed E-state index contributed by atoms with van der Waals surface area (Å²) in [4.78, 5) is 6.72. The van der Waals surface area contributed by atoms with Gasteiger partial charge in [-0.05, 0) is 46.7 Å². The second-order valence-electron chi connectivity index (χ2n) is 8.70. The molecule has 0 bridgehead atoms. The van der Waals surface area contributed by atoms with Crippen molar-refractivity contribution in [3.8, 4) is 33.6 Å². The molecular weight excluding hydrogens is 399 g/mol. The molecule has 0 radical (unpaired) electrons. The topological polar surface area (TPSA) is 44.8 Å². The highest BCUT2D eigenvalue weighted by molar-refractivity contribution is 5.90. The Morgan fingerprint density at radius 2 is 1.78 bits per heavy atom. The van der Waals surface area contributed by atoms with E-state index in [1.165, 1.54) is 5.56 Å². The summed E-state index contributed by atoms with van der Waals surface area (Å²) < 4.78 is 14.0. The molecule has 0 aliphatic carbocycles. The molecular formula is C27H27FN4. The average Bonchev–Trinajstić information content (AvgIpc) is 3.48. The van der Waals surface area contributed by atoms with Gasteiger partial charge in [0.25, 0.3) is 0 Å². The standard InChI is InChI=1S/C27H27FN4/c1-18(2)19-8-10-21(11-9-19)24-16-25(31-30-24)26-23(20-6-4-3-5-7-20)12-14-29-27(26)32-15-13-22(28)17-32/h3-12,14,16,18,22H,13,15,17H2,1-2H3,(H,30,31). The molecule has 3 heterocycles. The summed E-state index contributed by atoms with van der Waals surface area (Å²) in [6, 6.07) is 22.9. The quantitative estimate of drug-likeness (QED) is 0.397. The van der Waals surface area contributed by atoms with E-state index in [9.17, 15) is 4.39 Å². The van der Waals surface area contributed by atoms with Gasteiger partial charge in [0.15, 0.2) is 0 Å². The van der Waals surface area contributed by atoms with Gasteiger partial charge in [0.2, 0.25) is 0 Å². The van der Waals surface area contributed by atoms with Crippen LogP contribution in [-0.2, 0) is 0 Å². The molecule has 1 aliphatic rings. The molecule has 4 nitrogen and oxygen atoms in total. The molecule has 1 saturated heterocycles. The van der Waals surface area contributed by atoms with Crippen molar-refractivity contribution in [1.82, 2.24) is 15.2 Å². The van der Waals surface area contributed by atoms with E-state index >= 15 is 0 Å². The zero-order valence-electron chi connectivity index (χ0n) is 18.4. The predicted octanol–water partition coefficient (Wildman–Crippen LogP) is 6.48. The Hall–Kier alpha value is -3.47. The van der Waals surface area contributed by atoms with Crippen LogP contribution in [0.3, 0.4) is 0 Å². The van der Waals surface area contributed by atoms with E-state index in [0.29, 0.717) is 25.4 Å². The zero-order chi connectivity index (χ0) is 22.1. The molecule has 4 aromatic rings. The molecule has 0 amide bonds. The van der Waals surface area contributed by atoms with Crippen molar-refractivity contribution in [3.05, 3.63) is 78.5 Å². The minimum absolute atomic E-state index is 0.367. The van der Waals surface area contributed by atoms with E-state index in [1.807, 2.05) is 35.4 Å². The number of aromatic amines is 1. The third-order valence-corrected chi connectivity index (χ3v) is 6.17. The van der Waals surface area contributed by atoms with Gasteiger partial charge in [-0.15, -0.1) is 0 Å².